The van der Waals surface area contributed by atoms with Crippen molar-refractivity contribution >= 4 is 22.4 Å². The number of urea groups is 1. The summed E-state index contributed by atoms with van der Waals surface area (Å²) in [4.78, 5) is 13.6. The number of nitrogens with one attached hydrogen (secondary N) is 1. The molecule has 0 atom stereocenters. The third-order valence-electron chi connectivity index (χ3n) is 2.41. The molecule has 15 heavy (non-hydrogen) atoms. The van der Waals surface area contributed by atoms with Gasteiger partial charge in [0.25, 0.3) is 0 Å². The summed E-state index contributed by atoms with van der Waals surface area (Å²) in [5.41, 5.74) is 1.14. The average molecular weight is 222 g/mol. The van der Waals surface area contributed by atoms with E-state index < -0.39 is 0 Å². The minimum absolute atomic E-state index is 0.0155. The van der Waals surface area contributed by atoms with Crippen LogP contribution in [-0.4, -0.2) is 24.0 Å². The highest BCUT2D eigenvalue weighted by atomic mass is 32.1. The summed E-state index contributed by atoms with van der Waals surface area (Å²) in [5.74, 6) is 0. The predicted octanol–water partition coefficient (Wildman–Crippen LogP) is 2.93. The molecule has 0 aliphatic carbocycles. The molecule has 4 heteroatoms. The molecule has 1 fully saturated rings. The van der Waals surface area contributed by atoms with Crippen LogP contribution in [0.3, 0.4) is 0 Å². The molecule has 0 unspecified atom stereocenters. The van der Waals surface area contributed by atoms with Crippen molar-refractivity contribution in [2.75, 3.05) is 18.4 Å². The Morgan fingerprint density at radius 3 is 3.13 bits per heavy atom. The molecule has 2 rings (SSSR count). The van der Waals surface area contributed by atoms with Crippen LogP contribution in [0.4, 0.5) is 9.80 Å². The number of hydrogen-bond donors (Lipinski definition) is 1. The summed E-state index contributed by atoms with van der Waals surface area (Å²) < 4.78 is 0. The van der Waals surface area contributed by atoms with Crippen LogP contribution in [0.1, 0.15) is 12.8 Å². The lowest BCUT2D eigenvalue weighted by Gasteiger charge is -2.28. The first kappa shape index (κ1) is 10.2. The SMILES string of the molecule is C=C1CCCN(C(=O)Nc2cccs2)C1. The number of thiophene rings is 1. The molecule has 2 heterocycles. The molecule has 0 aromatic carbocycles. The van der Waals surface area contributed by atoms with Gasteiger partial charge >= 0.3 is 6.03 Å². The van der Waals surface area contributed by atoms with E-state index in [9.17, 15) is 4.79 Å². The van der Waals surface area contributed by atoms with Gasteiger partial charge in [0.2, 0.25) is 0 Å². The van der Waals surface area contributed by atoms with Crippen molar-refractivity contribution in [2.24, 2.45) is 0 Å². The monoisotopic (exact) mass is 222 g/mol. The minimum atomic E-state index is -0.0155. The van der Waals surface area contributed by atoms with E-state index in [1.807, 2.05) is 22.4 Å². The normalized spacial score (nSPS) is 16.5. The van der Waals surface area contributed by atoms with Gasteiger partial charge < -0.3 is 4.90 Å². The molecule has 1 aliphatic rings. The van der Waals surface area contributed by atoms with Crippen LogP contribution in [0, 0.1) is 0 Å². The number of likely N-dealkylation sites (tertiary alicyclic amines) is 1. The fourth-order valence-corrected chi connectivity index (χ4v) is 2.26. The van der Waals surface area contributed by atoms with Gasteiger partial charge in [-0.1, -0.05) is 12.2 Å². The fourth-order valence-electron chi connectivity index (χ4n) is 1.66. The number of hydrogen-bond acceptors (Lipinski definition) is 2. The van der Waals surface area contributed by atoms with E-state index in [1.54, 1.807) is 0 Å². The summed E-state index contributed by atoms with van der Waals surface area (Å²) >= 11 is 1.54. The molecule has 2 amide bonds. The first-order chi connectivity index (χ1) is 7.25. The van der Waals surface area contributed by atoms with Crippen LogP contribution < -0.4 is 5.32 Å². The van der Waals surface area contributed by atoms with Crippen molar-refractivity contribution in [3.8, 4) is 0 Å². The Morgan fingerprint density at radius 1 is 1.60 bits per heavy atom. The van der Waals surface area contributed by atoms with Gasteiger partial charge in [-0.25, -0.2) is 4.79 Å². The molecule has 0 radical (unpaired) electrons. The van der Waals surface area contributed by atoms with Gasteiger partial charge in [0.05, 0.1) is 5.00 Å². The summed E-state index contributed by atoms with van der Waals surface area (Å²) in [6.45, 7) is 5.45. The second-order valence-corrected chi connectivity index (χ2v) is 4.63. The molecule has 80 valence electrons. The maximum absolute atomic E-state index is 11.8. The van der Waals surface area contributed by atoms with Crippen molar-refractivity contribution < 1.29 is 4.79 Å². The largest absolute Gasteiger partial charge is 0.322 e. The van der Waals surface area contributed by atoms with Gasteiger partial charge in [-0.15, -0.1) is 11.3 Å². The standard InChI is InChI=1S/C11H14N2OS/c1-9-4-2-6-13(8-9)11(14)12-10-5-3-7-15-10/h3,5,7H,1-2,4,6,8H2,(H,12,14). The van der Waals surface area contributed by atoms with E-state index >= 15 is 0 Å². The van der Waals surface area contributed by atoms with Gasteiger partial charge in [0, 0.05) is 13.1 Å². The van der Waals surface area contributed by atoms with Crippen LogP contribution in [0.15, 0.2) is 29.7 Å². The van der Waals surface area contributed by atoms with E-state index in [0.717, 1.165) is 30.0 Å². The van der Waals surface area contributed by atoms with Gasteiger partial charge in [0.15, 0.2) is 0 Å². The summed E-state index contributed by atoms with van der Waals surface area (Å²) in [6, 6.07) is 3.81. The van der Waals surface area contributed by atoms with E-state index in [2.05, 4.69) is 11.9 Å². The zero-order chi connectivity index (χ0) is 10.7. The lowest BCUT2D eigenvalue weighted by Crippen LogP contribution is -2.39. The Morgan fingerprint density at radius 2 is 2.47 bits per heavy atom. The third kappa shape index (κ3) is 2.59. The zero-order valence-electron chi connectivity index (χ0n) is 8.53. The number of carbonyl (C=O) groups excluding carboxylic acids is 1. The lowest BCUT2D eigenvalue weighted by molar-refractivity contribution is 0.210. The molecule has 1 aliphatic heterocycles. The minimum Gasteiger partial charge on any atom is -0.321 e. The molecule has 0 saturated carbocycles. The van der Waals surface area contributed by atoms with Gasteiger partial charge in [-0.05, 0) is 30.4 Å². The molecule has 0 bridgehead atoms. The number of carbonyl (C=O) groups is 1. The number of anilines is 1. The number of piperidine rings is 1. The highest BCUT2D eigenvalue weighted by Gasteiger charge is 2.18. The first-order valence-corrected chi connectivity index (χ1v) is 5.90. The first-order valence-electron chi connectivity index (χ1n) is 5.02. The number of rotatable bonds is 1. The van der Waals surface area contributed by atoms with Gasteiger partial charge in [-0.3, -0.25) is 5.32 Å². The summed E-state index contributed by atoms with van der Waals surface area (Å²) in [5, 5.41) is 5.72. The molecule has 1 aromatic rings. The van der Waals surface area contributed by atoms with Crippen LogP contribution >= 0.6 is 11.3 Å². The maximum atomic E-state index is 11.8. The Hall–Kier alpha value is -1.29. The van der Waals surface area contributed by atoms with E-state index in [1.165, 1.54) is 11.3 Å². The number of nitrogens with zero attached hydrogens (tertiary/aromatic N) is 1. The molecular formula is C11H14N2OS. The van der Waals surface area contributed by atoms with Crippen molar-refractivity contribution in [3.05, 3.63) is 29.7 Å². The molecule has 0 spiro atoms. The molecule has 3 nitrogen and oxygen atoms in total. The van der Waals surface area contributed by atoms with E-state index in [0.29, 0.717) is 6.54 Å². The van der Waals surface area contributed by atoms with Crippen LogP contribution in [0.2, 0.25) is 0 Å². The summed E-state index contributed by atoms with van der Waals surface area (Å²) in [6.07, 6.45) is 2.07. The highest BCUT2D eigenvalue weighted by molar-refractivity contribution is 7.14. The third-order valence-corrected chi connectivity index (χ3v) is 3.20. The Balaban J connectivity index is 1.93. The quantitative estimate of drug-likeness (QED) is 0.728. The second kappa shape index (κ2) is 4.49. The van der Waals surface area contributed by atoms with E-state index in [4.69, 9.17) is 0 Å². The highest BCUT2D eigenvalue weighted by Crippen LogP contribution is 2.18. The second-order valence-electron chi connectivity index (χ2n) is 3.68. The van der Waals surface area contributed by atoms with Gasteiger partial charge in [0.1, 0.15) is 0 Å². The van der Waals surface area contributed by atoms with Crippen molar-refractivity contribution in [1.82, 2.24) is 4.90 Å². The molecule has 1 saturated heterocycles. The van der Waals surface area contributed by atoms with Crippen LogP contribution in [-0.2, 0) is 0 Å². The Kier molecular flexibility index (Phi) is 3.06. The van der Waals surface area contributed by atoms with Crippen LogP contribution in [0.25, 0.3) is 0 Å². The van der Waals surface area contributed by atoms with Crippen LogP contribution in [0.5, 0.6) is 0 Å². The smallest absolute Gasteiger partial charge is 0.321 e. The topological polar surface area (TPSA) is 32.3 Å². The Labute approximate surface area is 93.4 Å². The summed E-state index contributed by atoms with van der Waals surface area (Å²) in [7, 11) is 0. The fraction of sp³-hybridized carbons (Fsp3) is 0.364. The molecule has 1 N–H and O–H groups in total. The lowest BCUT2D eigenvalue weighted by atomic mass is 10.1. The predicted molar refractivity (Wildman–Crippen MR) is 63.3 cm³/mol. The van der Waals surface area contributed by atoms with Crippen molar-refractivity contribution in [3.63, 3.8) is 0 Å². The Bertz CT molecular complexity index is 359. The van der Waals surface area contributed by atoms with Crippen molar-refractivity contribution in [2.45, 2.75) is 12.8 Å². The molecular weight excluding hydrogens is 208 g/mol. The number of amides is 2. The van der Waals surface area contributed by atoms with E-state index in [-0.39, 0.29) is 6.03 Å². The maximum Gasteiger partial charge on any atom is 0.322 e. The van der Waals surface area contributed by atoms with Gasteiger partial charge in [-0.2, -0.15) is 0 Å². The molecule has 1 aromatic heterocycles. The van der Waals surface area contributed by atoms with Crippen molar-refractivity contribution in [1.29, 1.82) is 0 Å². The zero-order valence-corrected chi connectivity index (χ0v) is 9.35. The average Bonchev–Trinajstić information content (AvgIpc) is 2.70.